The molecule has 0 atom stereocenters. The Balaban J connectivity index is 2.86. The Hall–Kier alpha value is -2.02. The smallest absolute Gasteiger partial charge is 0.384 e. The molecule has 0 radical (unpaired) electrons. The van der Waals surface area contributed by atoms with Gasteiger partial charge in [-0.05, 0) is 26.0 Å². The lowest BCUT2D eigenvalue weighted by molar-refractivity contribution is -0.136. The Morgan fingerprint density at radius 3 is 2.71 bits per heavy atom. The number of hydrogen-bond donors (Lipinski definition) is 0. The average molecular weight is 236 g/mol. The summed E-state index contributed by atoms with van der Waals surface area (Å²) in [4.78, 5) is 11.0. The maximum atomic E-state index is 13.2. The molecule has 0 heterocycles. The second-order valence-corrected chi connectivity index (χ2v) is 3.08. The fourth-order valence-corrected chi connectivity index (χ4v) is 1.18. The summed E-state index contributed by atoms with van der Waals surface area (Å²) in [5.74, 6) is 4.09. The maximum Gasteiger partial charge on any atom is 0.384 e. The predicted octanol–water partition coefficient (Wildman–Crippen LogP) is 2.14. The van der Waals surface area contributed by atoms with Crippen LogP contribution in [0.1, 0.15) is 19.4 Å². The quantitative estimate of drug-likeness (QED) is 0.595. The van der Waals surface area contributed by atoms with Crippen LogP contribution in [0.25, 0.3) is 0 Å². The summed E-state index contributed by atoms with van der Waals surface area (Å²) in [5.41, 5.74) is 0.376. The van der Waals surface area contributed by atoms with Crippen LogP contribution in [-0.2, 0) is 9.53 Å². The molecule has 0 saturated heterocycles. The van der Waals surface area contributed by atoms with Crippen molar-refractivity contribution in [2.24, 2.45) is 0 Å². The summed E-state index contributed by atoms with van der Waals surface area (Å²) in [5, 5.41) is 0. The highest BCUT2D eigenvalue weighted by Crippen LogP contribution is 2.15. The van der Waals surface area contributed by atoms with Crippen LogP contribution in [0, 0.1) is 17.7 Å². The summed E-state index contributed by atoms with van der Waals surface area (Å²) in [6.07, 6.45) is 0. The van der Waals surface area contributed by atoms with E-state index in [4.69, 9.17) is 4.74 Å². The highest BCUT2D eigenvalue weighted by Gasteiger charge is 2.00. The van der Waals surface area contributed by atoms with E-state index in [9.17, 15) is 9.18 Å². The zero-order valence-electron chi connectivity index (χ0n) is 9.75. The summed E-state index contributed by atoms with van der Waals surface area (Å²) in [6.45, 7) is 4.19. The molecule has 90 valence electrons. The SMILES string of the molecule is CCOC(=O)C#Cc1cc(F)cc(OCC)c1. The molecule has 0 aliphatic heterocycles. The molecule has 0 bridgehead atoms. The molecule has 0 aromatic heterocycles. The van der Waals surface area contributed by atoms with Crippen molar-refractivity contribution in [2.75, 3.05) is 13.2 Å². The first-order valence-electron chi connectivity index (χ1n) is 5.27. The van der Waals surface area contributed by atoms with Crippen molar-refractivity contribution >= 4 is 5.97 Å². The van der Waals surface area contributed by atoms with Crippen LogP contribution in [0.15, 0.2) is 18.2 Å². The highest BCUT2D eigenvalue weighted by molar-refractivity contribution is 5.89. The minimum Gasteiger partial charge on any atom is -0.494 e. The normalized spacial score (nSPS) is 9.12. The lowest BCUT2D eigenvalue weighted by Crippen LogP contribution is -1.99. The topological polar surface area (TPSA) is 35.5 Å². The molecule has 3 nitrogen and oxygen atoms in total. The van der Waals surface area contributed by atoms with Crippen LogP contribution in [-0.4, -0.2) is 19.2 Å². The van der Waals surface area contributed by atoms with Gasteiger partial charge in [0.15, 0.2) is 0 Å². The Kier molecular flexibility index (Phi) is 5.02. The largest absolute Gasteiger partial charge is 0.494 e. The third-order valence-corrected chi connectivity index (χ3v) is 1.77. The van der Waals surface area contributed by atoms with Gasteiger partial charge in [-0.1, -0.05) is 5.92 Å². The molecule has 0 aliphatic carbocycles. The molecule has 0 unspecified atom stereocenters. The van der Waals surface area contributed by atoms with Gasteiger partial charge in [0.05, 0.1) is 13.2 Å². The van der Waals surface area contributed by atoms with Gasteiger partial charge in [0.2, 0.25) is 0 Å². The van der Waals surface area contributed by atoms with Gasteiger partial charge in [0, 0.05) is 17.6 Å². The summed E-state index contributed by atoms with van der Waals surface area (Å²) in [6, 6.07) is 4.06. The first-order valence-corrected chi connectivity index (χ1v) is 5.27. The van der Waals surface area contributed by atoms with Gasteiger partial charge in [-0.25, -0.2) is 9.18 Å². The fourth-order valence-electron chi connectivity index (χ4n) is 1.18. The second-order valence-electron chi connectivity index (χ2n) is 3.08. The van der Waals surface area contributed by atoms with E-state index in [1.807, 2.05) is 0 Å². The number of hydrogen-bond acceptors (Lipinski definition) is 3. The molecule has 0 N–H and O–H groups in total. The number of benzene rings is 1. The van der Waals surface area contributed by atoms with E-state index in [0.717, 1.165) is 0 Å². The molecule has 1 rings (SSSR count). The Morgan fingerprint density at radius 1 is 1.29 bits per heavy atom. The van der Waals surface area contributed by atoms with E-state index < -0.39 is 11.8 Å². The first kappa shape index (κ1) is 13.0. The fraction of sp³-hybridized carbons (Fsp3) is 0.308. The van der Waals surface area contributed by atoms with Gasteiger partial charge < -0.3 is 9.47 Å². The van der Waals surface area contributed by atoms with Crippen molar-refractivity contribution in [1.29, 1.82) is 0 Å². The summed E-state index contributed by atoms with van der Waals surface area (Å²) in [7, 11) is 0. The van der Waals surface area contributed by atoms with Crippen molar-refractivity contribution < 1.29 is 18.7 Å². The van der Waals surface area contributed by atoms with E-state index in [-0.39, 0.29) is 6.61 Å². The number of esters is 1. The summed E-state index contributed by atoms with van der Waals surface area (Å²) < 4.78 is 23.0. The molecule has 0 spiro atoms. The van der Waals surface area contributed by atoms with Crippen molar-refractivity contribution in [3.63, 3.8) is 0 Å². The molecule has 0 fully saturated rings. The Morgan fingerprint density at radius 2 is 2.06 bits per heavy atom. The molecule has 1 aromatic carbocycles. The third kappa shape index (κ3) is 4.56. The first-order chi connectivity index (χ1) is 8.15. The van der Waals surface area contributed by atoms with Crippen LogP contribution in [0.3, 0.4) is 0 Å². The van der Waals surface area contributed by atoms with Gasteiger partial charge in [-0.15, -0.1) is 0 Å². The molecule has 0 saturated carbocycles. The number of ether oxygens (including phenoxy) is 2. The standard InChI is InChI=1S/C13H13FO3/c1-3-16-12-8-10(7-11(14)9-12)5-6-13(15)17-4-2/h7-9H,3-4H2,1-2H3. The van der Waals surface area contributed by atoms with E-state index >= 15 is 0 Å². The van der Waals surface area contributed by atoms with Gasteiger partial charge in [-0.2, -0.15) is 0 Å². The summed E-state index contributed by atoms with van der Waals surface area (Å²) >= 11 is 0. The minimum absolute atomic E-state index is 0.265. The Bertz CT molecular complexity index is 457. The minimum atomic E-state index is -0.630. The van der Waals surface area contributed by atoms with Crippen molar-refractivity contribution in [1.82, 2.24) is 0 Å². The van der Waals surface area contributed by atoms with Crippen LogP contribution >= 0.6 is 0 Å². The number of carbonyl (C=O) groups is 1. The molecule has 0 amide bonds. The average Bonchev–Trinajstić information content (AvgIpc) is 2.26. The lowest BCUT2D eigenvalue weighted by Gasteiger charge is -2.03. The van der Waals surface area contributed by atoms with Crippen LogP contribution in [0.5, 0.6) is 5.75 Å². The van der Waals surface area contributed by atoms with Gasteiger partial charge in [-0.3, -0.25) is 0 Å². The van der Waals surface area contributed by atoms with Gasteiger partial charge >= 0.3 is 5.97 Å². The lowest BCUT2D eigenvalue weighted by atomic mass is 10.2. The molecular weight excluding hydrogens is 223 g/mol. The molecule has 0 aliphatic rings. The number of rotatable bonds is 3. The van der Waals surface area contributed by atoms with Crippen molar-refractivity contribution in [2.45, 2.75) is 13.8 Å². The van der Waals surface area contributed by atoms with Crippen LogP contribution in [0.2, 0.25) is 0 Å². The second kappa shape index (κ2) is 6.54. The zero-order chi connectivity index (χ0) is 12.7. The van der Waals surface area contributed by atoms with E-state index in [1.165, 1.54) is 12.1 Å². The maximum absolute atomic E-state index is 13.2. The Labute approximate surface area is 99.5 Å². The molecular formula is C13H13FO3. The highest BCUT2D eigenvalue weighted by atomic mass is 19.1. The molecule has 1 aromatic rings. The zero-order valence-corrected chi connectivity index (χ0v) is 9.75. The van der Waals surface area contributed by atoms with Crippen LogP contribution < -0.4 is 4.74 Å². The van der Waals surface area contributed by atoms with E-state index in [2.05, 4.69) is 16.6 Å². The predicted molar refractivity (Wildman–Crippen MR) is 61.1 cm³/mol. The van der Waals surface area contributed by atoms with Gasteiger partial charge in [0.1, 0.15) is 11.6 Å². The third-order valence-electron chi connectivity index (χ3n) is 1.77. The van der Waals surface area contributed by atoms with E-state index in [0.29, 0.717) is 17.9 Å². The van der Waals surface area contributed by atoms with E-state index in [1.54, 1.807) is 19.9 Å². The number of carbonyl (C=O) groups excluding carboxylic acids is 1. The van der Waals surface area contributed by atoms with Crippen LogP contribution in [0.4, 0.5) is 4.39 Å². The molecule has 17 heavy (non-hydrogen) atoms. The van der Waals surface area contributed by atoms with Gasteiger partial charge in [0.25, 0.3) is 0 Å². The monoisotopic (exact) mass is 236 g/mol. The number of halogens is 1. The van der Waals surface area contributed by atoms with Crippen molar-refractivity contribution in [3.05, 3.63) is 29.6 Å². The molecule has 4 heteroatoms. The van der Waals surface area contributed by atoms with Crippen molar-refractivity contribution in [3.8, 4) is 17.6 Å².